The van der Waals surface area contributed by atoms with Gasteiger partial charge >= 0.3 is 0 Å². The second-order valence-corrected chi connectivity index (χ2v) is 8.12. The lowest BCUT2D eigenvalue weighted by Gasteiger charge is -2.07. The monoisotopic (exact) mass is 345 g/mol. The Morgan fingerprint density at radius 1 is 1.09 bits per heavy atom. The van der Waals surface area contributed by atoms with Gasteiger partial charge in [-0.05, 0) is 35.2 Å². The van der Waals surface area contributed by atoms with E-state index in [1.807, 2.05) is 23.6 Å². The molecule has 0 fully saturated rings. The smallest absolute Gasteiger partial charge is 0.175 e. The normalized spacial score (nSPS) is 11.3. The minimum atomic E-state index is -3.18. The van der Waals surface area contributed by atoms with Gasteiger partial charge in [0.15, 0.2) is 9.84 Å². The van der Waals surface area contributed by atoms with Crippen LogP contribution in [0.15, 0.2) is 65.1 Å². The number of thiophene rings is 1. The van der Waals surface area contributed by atoms with E-state index in [4.69, 9.17) is 4.74 Å². The van der Waals surface area contributed by atoms with E-state index < -0.39 is 9.84 Å². The third kappa shape index (κ3) is 3.97. The summed E-state index contributed by atoms with van der Waals surface area (Å²) in [5.74, 6) is 0.683. The van der Waals surface area contributed by atoms with Crippen molar-refractivity contribution < 1.29 is 13.2 Å². The Morgan fingerprint density at radius 3 is 2.52 bits per heavy atom. The number of hydrogen-bond donors (Lipinski definition) is 0. The van der Waals surface area contributed by atoms with E-state index in [0.29, 0.717) is 17.3 Å². The molecule has 3 aromatic rings. The molecule has 0 aliphatic heterocycles. The molecule has 1 aromatic carbocycles. The zero-order valence-corrected chi connectivity index (χ0v) is 14.1. The van der Waals surface area contributed by atoms with E-state index in [1.165, 1.54) is 6.26 Å². The van der Waals surface area contributed by atoms with Crippen LogP contribution in [0.1, 0.15) is 4.88 Å². The van der Waals surface area contributed by atoms with Crippen LogP contribution >= 0.6 is 11.3 Å². The van der Waals surface area contributed by atoms with Crippen LogP contribution in [0, 0.1) is 0 Å². The first-order chi connectivity index (χ1) is 11.0. The summed E-state index contributed by atoms with van der Waals surface area (Å²) in [6.07, 6.45) is 4.60. The lowest BCUT2D eigenvalue weighted by atomic mass is 10.1. The van der Waals surface area contributed by atoms with Crippen molar-refractivity contribution in [1.29, 1.82) is 0 Å². The summed E-state index contributed by atoms with van der Waals surface area (Å²) in [5.41, 5.74) is 1.78. The van der Waals surface area contributed by atoms with Crippen molar-refractivity contribution in [2.45, 2.75) is 11.5 Å². The second-order valence-electron chi connectivity index (χ2n) is 5.07. The van der Waals surface area contributed by atoms with Crippen molar-refractivity contribution in [3.63, 3.8) is 0 Å². The van der Waals surface area contributed by atoms with Gasteiger partial charge in [0.1, 0.15) is 12.4 Å². The Hall–Kier alpha value is -2.18. The van der Waals surface area contributed by atoms with Crippen molar-refractivity contribution >= 4 is 21.2 Å². The molecule has 2 heterocycles. The largest absolute Gasteiger partial charge is 0.486 e. The fourth-order valence-corrected chi connectivity index (χ4v) is 3.35. The standard InChI is InChI=1S/C17H15NO3S2/c1-23(19,20)17-6-4-13(5-7-17)14-9-15(11-18-10-14)21-12-16-3-2-8-22-16/h2-11H,12H2,1H3. The summed E-state index contributed by atoms with van der Waals surface area (Å²) in [5, 5.41) is 2.01. The number of pyridine rings is 1. The third-order valence-electron chi connectivity index (χ3n) is 3.29. The first kappa shape index (κ1) is 15.7. The van der Waals surface area contributed by atoms with Crippen LogP contribution in [-0.2, 0) is 16.4 Å². The summed E-state index contributed by atoms with van der Waals surface area (Å²) < 4.78 is 28.7. The zero-order chi connectivity index (χ0) is 16.3. The molecule has 0 aliphatic carbocycles. The van der Waals surface area contributed by atoms with Crippen LogP contribution in [0.5, 0.6) is 5.75 Å². The first-order valence-corrected chi connectivity index (χ1v) is 9.70. The SMILES string of the molecule is CS(=O)(=O)c1ccc(-c2cncc(OCc3cccs3)c2)cc1. The summed E-state index contributed by atoms with van der Waals surface area (Å²) in [6.45, 7) is 0.510. The summed E-state index contributed by atoms with van der Waals surface area (Å²) in [7, 11) is -3.18. The molecule has 118 valence electrons. The maximum absolute atomic E-state index is 11.5. The second kappa shape index (κ2) is 6.52. The highest BCUT2D eigenvalue weighted by molar-refractivity contribution is 7.90. The number of nitrogens with zero attached hydrogens (tertiary/aromatic N) is 1. The van der Waals surface area contributed by atoms with Gasteiger partial charge < -0.3 is 4.74 Å². The van der Waals surface area contributed by atoms with Crippen LogP contribution in [-0.4, -0.2) is 19.7 Å². The van der Waals surface area contributed by atoms with Crippen molar-refractivity contribution in [2.75, 3.05) is 6.26 Å². The molecule has 0 amide bonds. The minimum Gasteiger partial charge on any atom is -0.486 e. The number of hydrogen-bond acceptors (Lipinski definition) is 5. The topological polar surface area (TPSA) is 56.3 Å². The lowest BCUT2D eigenvalue weighted by molar-refractivity contribution is 0.308. The molecular formula is C17H15NO3S2. The molecule has 0 saturated heterocycles. The van der Waals surface area contributed by atoms with Crippen LogP contribution in [0.4, 0.5) is 0 Å². The number of ether oxygens (including phenoxy) is 1. The summed E-state index contributed by atoms with van der Waals surface area (Å²) >= 11 is 1.64. The highest BCUT2D eigenvalue weighted by Gasteiger charge is 2.07. The molecule has 0 radical (unpaired) electrons. The van der Waals surface area contributed by atoms with Crippen molar-refractivity contribution in [2.24, 2.45) is 0 Å². The molecule has 2 aromatic heterocycles. The van der Waals surface area contributed by atoms with Crippen molar-refractivity contribution in [3.05, 3.63) is 65.1 Å². The Bertz CT molecular complexity index is 886. The van der Waals surface area contributed by atoms with Crippen molar-refractivity contribution in [1.82, 2.24) is 4.98 Å². The van der Waals surface area contributed by atoms with Crippen LogP contribution in [0.25, 0.3) is 11.1 Å². The van der Waals surface area contributed by atoms with E-state index in [0.717, 1.165) is 16.0 Å². The lowest BCUT2D eigenvalue weighted by Crippen LogP contribution is -1.96. The highest BCUT2D eigenvalue weighted by Crippen LogP contribution is 2.24. The molecular weight excluding hydrogens is 330 g/mol. The van der Waals surface area contributed by atoms with Crippen molar-refractivity contribution in [3.8, 4) is 16.9 Å². The van der Waals surface area contributed by atoms with Gasteiger partial charge in [0, 0.05) is 22.9 Å². The fraction of sp³-hybridized carbons (Fsp3) is 0.118. The van der Waals surface area contributed by atoms with E-state index >= 15 is 0 Å². The third-order valence-corrected chi connectivity index (χ3v) is 5.27. The molecule has 6 heteroatoms. The van der Waals surface area contributed by atoms with Gasteiger partial charge in [0.05, 0.1) is 11.1 Å². The Labute approximate surface area is 139 Å². The molecule has 0 bridgehead atoms. The predicted octanol–water partition coefficient (Wildman–Crippen LogP) is 3.79. The Morgan fingerprint density at radius 2 is 1.87 bits per heavy atom. The quantitative estimate of drug-likeness (QED) is 0.706. The molecule has 0 spiro atoms. The van der Waals surface area contributed by atoms with E-state index in [1.54, 1.807) is 48.0 Å². The molecule has 23 heavy (non-hydrogen) atoms. The molecule has 0 N–H and O–H groups in total. The number of aromatic nitrogens is 1. The zero-order valence-electron chi connectivity index (χ0n) is 12.5. The first-order valence-electron chi connectivity index (χ1n) is 6.93. The van der Waals surface area contributed by atoms with E-state index in [-0.39, 0.29) is 0 Å². The molecule has 0 unspecified atom stereocenters. The van der Waals surface area contributed by atoms with Gasteiger partial charge in [0.25, 0.3) is 0 Å². The summed E-state index contributed by atoms with van der Waals surface area (Å²) in [6, 6.07) is 12.7. The fourth-order valence-electron chi connectivity index (χ4n) is 2.10. The van der Waals surface area contributed by atoms with Gasteiger partial charge in [0.2, 0.25) is 0 Å². The average Bonchev–Trinajstić information content (AvgIpc) is 3.06. The molecule has 4 nitrogen and oxygen atoms in total. The van der Waals surface area contributed by atoms with Crippen LogP contribution in [0.2, 0.25) is 0 Å². The maximum atomic E-state index is 11.5. The number of sulfone groups is 1. The minimum absolute atomic E-state index is 0.305. The Balaban J connectivity index is 1.79. The average molecular weight is 345 g/mol. The Kier molecular flexibility index (Phi) is 4.45. The van der Waals surface area contributed by atoms with Gasteiger partial charge in [-0.15, -0.1) is 11.3 Å². The molecule has 3 rings (SSSR count). The van der Waals surface area contributed by atoms with Gasteiger partial charge in [-0.1, -0.05) is 18.2 Å². The van der Waals surface area contributed by atoms with Gasteiger partial charge in [-0.3, -0.25) is 4.98 Å². The van der Waals surface area contributed by atoms with Crippen LogP contribution < -0.4 is 4.74 Å². The molecule has 0 aliphatic rings. The number of benzene rings is 1. The predicted molar refractivity (Wildman–Crippen MR) is 91.4 cm³/mol. The maximum Gasteiger partial charge on any atom is 0.175 e. The van der Waals surface area contributed by atoms with E-state index in [9.17, 15) is 8.42 Å². The molecule has 0 atom stereocenters. The highest BCUT2D eigenvalue weighted by atomic mass is 32.2. The molecule has 0 saturated carbocycles. The van der Waals surface area contributed by atoms with Gasteiger partial charge in [-0.25, -0.2) is 8.42 Å². The number of rotatable bonds is 5. The summed E-state index contributed by atoms with van der Waals surface area (Å²) in [4.78, 5) is 5.64. The van der Waals surface area contributed by atoms with Gasteiger partial charge in [-0.2, -0.15) is 0 Å². The van der Waals surface area contributed by atoms with E-state index in [2.05, 4.69) is 4.98 Å². The van der Waals surface area contributed by atoms with Crippen LogP contribution in [0.3, 0.4) is 0 Å².